The Morgan fingerprint density at radius 2 is 1.70 bits per heavy atom. The Bertz CT molecular complexity index is 1240. The minimum atomic E-state index is -0.425. The van der Waals surface area contributed by atoms with E-state index in [1.807, 2.05) is 42.6 Å². The molecule has 4 aromatic rings. The summed E-state index contributed by atoms with van der Waals surface area (Å²) in [5, 5.41) is 2.60. The monoisotopic (exact) mass is 417 g/mol. The van der Waals surface area contributed by atoms with Crippen molar-refractivity contribution in [2.24, 2.45) is 5.73 Å². The van der Waals surface area contributed by atoms with Crippen molar-refractivity contribution in [3.8, 4) is 22.3 Å². The summed E-state index contributed by atoms with van der Waals surface area (Å²) in [6, 6.07) is 18.4. The van der Waals surface area contributed by atoms with E-state index in [1.165, 1.54) is 11.3 Å². The van der Waals surface area contributed by atoms with Crippen LogP contribution in [-0.2, 0) is 17.8 Å². The maximum absolute atomic E-state index is 13.4. The van der Waals surface area contributed by atoms with Crippen molar-refractivity contribution in [3.05, 3.63) is 76.2 Å². The summed E-state index contributed by atoms with van der Waals surface area (Å²) in [4.78, 5) is 30.1. The molecule has 2 heterocycles. The number of hydrogen-bond donors (Lipinski definition) is 1. The fourth-order valence-corrected chi connectivity index (χ4v) is 4.58. The Kier molecular flexibility index (Phi) is 5.77. The molecule has 0 spiro atoms. The highest BCUT2D eigenvalue weighted by Crippen LogP contribution is 2.32. The Balaban J connectivity index is 1.79. The molecular weight excluding hydrogens is 394 g/mol. The van der Waals surface area contributed by atoms with Crippen LogP contribution in [-0.4, -0.2) is 15.5 Å². The Hall–Kier alpha value is -3.25. The van der Waals surface area contributed by atoms with Gasteiger partial charge in [0.05, 0.1) is 5.39 Å². The highest BCUT2D eigenvalue weighted by atomic mass is 32.1. The SMILES string of the molecule is CCCc1nc2scc(-c3ccc(-c4ccccc4)cc3)c2c(=O)n1CCC(N)=O. The number of amides is 1. The van der Waals surface area contributed by atoms with Gasteiger partial charge in [-0.2, -0.15) is 0 Å². The molecule has 0 saturated carbocycles. The Morgan fingerprint density at radius 1 is 1.03 bits per heavy atom. The number of aryl methyl sites for hydroxylation is 1. The van der Waals surface area contributed by atoms with Gasteiger partial charge in [0.15, 0.2) is 0 Å². The van der Waals surface area contributed by atoms with Gasteiger partial charge in [-0.15, -0.1) is 11.3 Å². The van der Waals surface area contributed by atoms with E-state index in [0.717, 1.165) is 33.5 Å². The lowest BCUT2D eigenvalue weighted by molar-refractivity contribution is -0.118. The van der Waals surface area contributed by atoms with Crippen molar-refractivity contribution in [3.63, 3.8) is 0 Å². The molecule has 5 nitrogen and oxygen atoms in total. The second kappa shape index (κ2) is 8.63. The smallest absolute Gasteiger partial charge is 0.262 e. The van der Waals surface area contributed by atoms with E-state index in [4.69, 9.17) is 10.7 Å². The van der Waals surface area contributed by atoms with Gasteiger partial charge in [0, 0.05) is 30.3 Å². The van der Waals surface area contributed by atoms with Crippen LogP contribution < -0.4 is 11.3 Å². The molecule has 0 aliphatic rings. The predicted octanol–water partition coefficient (Wildman–Crippen LogP) is 4.62. The average molecular weight is 418 g/mol. The highest BCUT2D eigenvalue weighted by Gasteiger charge is 2.17. The Labute approximate surface area is 178 Å². The van der Waals surface area contributed by atoms with Gasteiger partial charge < -0.3 is 5.73 Å². The Morgan fingerprint density at radius 3 is 2.37 bits per heavy atom. The van der Waals surface area contributed by atoms with Gasteiger partial charge in [-0.25, -0.2) is 4.98 Å². The van der Waals surface area contributed by atoms with Crippen molar-refractivity contribution in [1.29, 1.82) is 0 Å². The van der Waals surface area contributed by atoms with Crippen LogP contribution in [0.4, 0.5) is 0 Å². The minimum absolute atomic E-state index is 0.104. The third-order valence-electron chi connectivity index (χ3n) is 5.13. The van der Waals surface area contributed by atoms with E-state index >= 15 is 0 Å². The molecular formula is C24H23N3O2S. The number of thiophene rings is 1. The normalized spacial score (nSPS) is 11.1. The second-order valence-electron chi connectivity index (χ2n) is 7.22. The zero-order valence-electron chi connectivity index (χ0n) is 16.8. The molecule has 0 saturated heterocycles. The molecule has 4 rings (SSSR count). The average Bonchev–Trinajstić information content (AvgIpc) is 3.18. The molecule has 152 valence electrons. The molecule has 0 fully saturated rings. The third kappa shape index (κ3) is 3.91. The topological polar surface area (TPSA) is 78.0 Å². The first kappa shape index (κ1) is 20.0. The van der Waals surface area contributed by atoms with Crippen LogP contribution >= 0.6 is 11.3 Å². The first-order chi connectivity index (χ1) is 14.6. The summed E-state index contributed by atoms with van der Waals surface area (Å²) >= 11 is 1.48. The summed E-state index contributed by atoms with van der Waals surface area (Å²) < 4.78 is 1.62. The van der Waals surface area contributed by atoms with Gasteiger partial charge >= 0.3 is 0 Å². The number of hydrogen-bond acceptors (Lipinski definition) is 4. The van der Waals surface area contributed by atoms with Gasteiger partial charge in [-0.1, -0.05) is 61.5 Å². The predicted molar refractivity (Wildman–Crippen MR) is 123 cm³/mol. The van der Waals surface area contributed by atoms with Crippen molar-refractivity contribution < 1.29 is 4.79 Å². The standard InChI is InChI=1S/C24H23N3O2S/c1-2-6-21-26-23-22(24(29)27(21)14-13-20(25)28)19(15-30-23)18-11-9-17(10-12-18)16-7-4-3-5-8-16/h3-5,7-12,15H,2,6,13-14H2,1H3,(H2,25,28). The molecule has 1 amide bonds. The van der Waals surface area contributed by atoms with Gasteiger partial charge in [-0.05, 0) is 23.1 Å². The molecule has 0 atom stereocenters. The number of carbonyl (C=O) groups excluding carboxylic acids is 1. The van der Waals surface area contributed by atoms with Crippen LogP contribution in [0.15, 0.2) is 64.8 Å². The number of fused-ring (bicyclic) bond motifs is 1. The third-order valence-corrected chi connectivity index (χ3v) is 6.00. The van der Waals surface area contributed by atoms with Crippen LogP contribution in [0.25, 0.3) is 32.5 Å². The molecule has 2 N–H and O–H groups in total. The molecule has 2 aromatic heterocycles. The summed E-state index contributed by atoms with van der Waals surface area (Å²) in [5.74, 6) is 0.288. The number of nitrogens with two attached hydrogens (primary N) is 1. The molecule has 30 heavy (non-hydrogen) atoms. The second-order valence-corrected chi connectivity index (χ2v) is 8.08. The first-order valence-corrected chi connectivity index (χ1v) is 10.9. The number of primary amides is 1. The van der Waals surface area contributed by atoms with Crippen molar-refractivity contribution >= 4 is 27.5 Å². The van der Waals surface area contributed by atoms with Crippen LogP contribution in [0.3, 0.4) is 0 Å². The molecule has 0 unspecified atom stereocenters. The molecule has 0 aliphatic heterocycles. The van der Waals surface area contributed by atoms with E-state index < -0.39 is 5.91 Å². The first-order valence-electron chi connectivity index (χ1n) is 10.0. The van der Waals surface area contributed by atoms with E-state index in [9.17, 15) is 9.59 Å². The van der Waals surface area contributed by atoms with E-state index in [1.54, 1.807) is 4.57 Å². The van der Waals surface area contributed by atoms with Crippen LogP contribution in [0.5, 0.6) is 0 Å². The lowest BCUT2D eigenvalue weighted by Gasteiger charge is -2.12. The summed E-state index contributed by atoms with van der Waals surface area (Å²) in [6.07, 6.45) is 1.67. The van der Waals surface area contributed by atoms with Crippen LogP contribution in [0.2, 0.25) is 0 Å². The van der Waals surface area contributed by atoms with Crippen molar-refractivity contribution in [2.75, 3.05) is 0 Å². The van der Waals surface area contributed by atoms with Crippen LogP contribution in [0.1, 0.15) is 25.6 Å². The molecule has 6 heteroatoms. The molecule has 0 aliphatic carbocycles. The van der Waals surface area contributed by atoms with Crippen molar-refractivity contribution in [2.45, 2.75) is 32.7 Å². The number of benzene rings is 2. The fraction of sp³-hybridized carbons (Fsp3) is 0.208. The quantitative estimate of drug-likeness (QED) is 0.477. The van der Waals surface area contributed by atoms with Crippen molar-refractivity contribution in [1.82, 2.24) is 9.55 Å². The van der Waals surface area contributed by atoms with Gasteiger partial charge in [0.25, 0.3) is 5.56 Å². The van der Waals surface area contributed by atoms with E-state index in [0.29, 0.717) is 17.6 Å². The van der Waals surface area contributed by atoms with E-state index in [2.05, 4.69) is 24.3 Å². The maximum Gasteiger partial charge on any atom is 0.262 e. The van der Waals surface area contributed by atoms with Gasteiger partial charge in [0.1, 0.15) is 10.7 Å². The molecule has 0 bridgehead atoms. The largest absolute Gasteiger partial charge is 0.370 e. The zero-order valence-corrected chi connectivity index (χ0v) is 17.6. The fourth-order valence-electron chi connectivity index (χ4n) is 3.62. The lowest BCUT2D eigenvalue weighted by atomic mass is 10.0. The number of rotatable bonds is 7. The number of carbonyl (C=O) groups is 1. The van der Waals surface area contributed by atoms with E-state index in [-0.39, 0.29) is 18.5 Å². The number of nitrogens with zero attached hydrogens (tertiary/aromatic N) is 2. The summed E-state index contributed by atoms with van der Waals surface area (Å²) in [7, 11) is 0. The highest BCUT2D eigenvalue weighted by molar-refractivity contribution is 7.17. The lowest BCUT2D eigenvalue weighted by Crippen LogP contribution is -2.27. The minimum Gasteiger partial charge on any atom is -0.370 e. The number of aromatic nitrogens is 2. The molecule has 0 radical (unpaired) electrons. The van der Waals surface area contributed by atoms with Gasteiger partial charge in [0.2, 0.25) is 5.91 Å². The van der Waals surface area contributed by atoms with Gasteiger partial charge in [-0.3, -0.25) is 14.2 Å². The molecule has 2 aromatic carbocycles. The summed E-state index contributed by atoms with van der Waals surface area (Å²) in [5.41, 5.74) is 9.35. The maximum atomic E-state index is 13.4. The summed E-state index contributed by atoms with van der Waals surface area (Å²) in [6.45, 7) is 2.30. The van der Waals surface area contributed by atoms with Crippen LogP contribution in [0, 0.1) is 0 Å². The zero-order chi connectivity index (χ0) is 21.1.